The van der Waals surface area contributed by atoms with Crippen molar-refractivity contribution in [3.05, 3.63) is 78.5 Å². The van der Waals surface area contributed by atoms with Crippen molar-refractivity contribution in [3.63, 3.8) is 0 Å². The Hall–Kier alpha value is -3.69. The summed E-state index contributed by atoms with van der Waals surface area (Å²) in [6.07, 6.45) is 0. The molecule has 0 bridgehead atoms. The summed E-state index contributed by atoms with van der Waals surface area (Å²) in [5.74, 6) is 1.35. The molecular formula is C25H25N5O3S. The number of aryl methyl sites for hydroxylation is 1. The number of anilines is 4. The molecule has 9 heteroatoms. The molecular weight excluding hydrogens is 450 g/mol. The lowest BCUT2D eigenvalue weighted by Crippen LogP contribution is -2.36. The highest BCUT2D eigenvalue weighted by molar-refractivity contribution is 7.92. The van der Waals surface area contributed by atoms with Crippen LogP contribution in [-0.2, 0) is 14.8 Å². The molecule has 1 saturated heterocycles. The van der Waals surface area contributed by atoms with E-state index in [0.717, 1.165) is 41.1 Å². The maximum Gasteiger partial charge on any atom is 0.261 e. The number of rotatable bonds is 6. The summed E-state index contributed by atoms with van der Waals surface area (Å²) < 4.78 is 33.8. The van der Waals surface area contributed by atoms with E-state index in [-0.39, 0.29) is 4.90 Å². The highest BCUT2D eigenvalue weighted by atomic mass is 32.2. The van der Waals surface area contributed by atoms with Gasteiger partial charge in [-0.1, -0.05) is 30.3 Å². The lowest BCUT2D eigenvalue weighted by Gasteiger charge is -2.28. The predicted molar refractivity (Wildman–Crippen MR) is 134 cm³/mol. The second-order valence-electron chi connectivity index (χ2n) is 8.11. The van der Waals surface area contributed by atoms with Gasteiger partial charge in [0.1, 0.15) is 5.82 Å². The standard InChI is InChI=1S/C25H25N5O3S/c1-18-16-24(30-12-14-33-15-13-30)28-25(26-18)27-21-7-9-22(10-8-21)29-34(31,32)23-11-6-19-4-2-3-5-20(19)17-23/h2-11,16-17,29H,12-15H2,1H3,(H,26,27,28). The van der Waals surface area contributed by atoms with Crippen molar-refractivity contribution in [2.24, 2.45) is 0 Å². The minimum absolute atomic E-state index is 0.220. The molecule has 174 valence electrons. The lowest BCUT2D eigenvalue weighted by atomic mass is 10.1. The van der Waals surface area contributed by atoms with Crippen molar-refractivity contribution in [1.29, 1.82) is 0 Å². The van der Waals surface area contributed by atoms with E-state index in [2.05, 4.69) is 24.9 Å². The number of fused-ring (bicyclic) bond motifs is 1. The van der Waals surface area contributed by atoms with Gasteiger partial charge in [0, 0.05) is 36.2 Å². The zero-order valence-corrected chi connectivity index (χ0v) is 19.5. The fourth-order valence-corrected chi connectivity index (χ4v) is 4.96. The third-order valence-electron chi connectivity index (χ3n) is 5.60. The monoisotopic (exact) mass is 475 g/mol. The first-order valence-electron chi connectivity index (χ1n) is 11.0. The van der Waals surface area contributed by atoms with Crippen LogP contribution in [0.25, 0.3) is 10.8 Å². The first kappa shape index (κ1) is 22.1. The Kier molecular flexibility index (Phi) is 6.04. The minimum Gasteiger partial charge on any atom is -0.378 e. The molecule has 4 aromatic rings. The molecule has 1 aliphatic heterocycles. The summed E-state index contributed by atoms with van der Waals surface area (Å²) in [7, 11) is -3.71. The quantitative estimate of drug-likeness (QED) is 0.429. The van der Waals surface area contributed by atoms with E-state index in [4.69, 9.17) is 4.74 Å². The Bertz CT molecular complexity index is 1420. The summed E-state index contributed by atoms with van der Waals surface area (Å²) in [6, 6.07) is 21.7. The van der Waals surface area contributed by atoms with Crippen molar-refractivity contribution in [3.8, 4) is 0 Å². The second kappa shape index (κ2) is 9.28. The van der Waals surface area contributed by atoms with Gasteiger partial charge in [0.05, 0.1) is 18.1 Å². The van der Waals surface area contributed by atoms with Crippen LogP contribution in [0.2, 0.25) is 0 Å². The largest absolute Gasteiger partial charge is 0.378 e. The number of hydrogen-bond acceptors (Lipinski definition) is 7. The molecule has 8 nitrogen and oxygen atoms in total. The Morgan fingerprint density at radius 1 is 0.853 bits per heavy atom. The number of aromatic nitrogens is 2. The average molecular weight is 476 g/mol. The average Bonchev–Trinajstić information content (AvgIpc) is 2.85. The molecule has 2 N–H and O–H groups in total. The Labute approximate surface area is 198 Å². The zero-order chi connectivity index (χ0) is 23.5. The molecule has 0 unspecified atom stereocenters. The van der Waals surface area contributed by atoms with E-state index in [1.165, 1.54) is 0 Å². The molecule has 1 fully saturated rings. The van der Waals surface area contributed by atoms with Crippen molar-refractivity contribution < 1.29 is 13.2 Å². The predicted octanol–water partition coefficient (Wildman–Crippen LogP) is 4.32. The molecule has 34 heavy (non-hydrogen) atoms. The summed E-state index contributed by atoms with van der Waals surface area (Å²) >= 11 is 0. The van der Waals surface area contributed by atoms with Crippen LogP contribution < -0.4 is 14.9 Å². The van der Waals surface area contributed by atoms with E-state index in [0.29, 0.717) is 24.8 Å². The van der Waals surface area contributed by atoms with Gasteiger partial charge in [-0.2, -0.15) is 4.98 Å². The van der Waals surface area contributed by atoms with Crippen molar-refractivity contribution in [2.45, 2.75) is 11.8 Å². The maximum absolute atomic E-state index is 12.9. The number of morpholine rings is 1. The third-order valence-corrected chi connectivity index (χ3v) is 6.98. The van der Waals surface area contributed by atoms with Crippen LogP contribution in [-0.4, -0.2) is 44.7 Å². The molecule has 0 aliphatic carbocycles. The Balaban J connectivity index is 1.30. The highest BCUT2D eigenvalue weighted by Gasteiger charge is 2.16. The summed E-state index contributed by atoms with van der Waals surface area (Å²) in [6.45, 7) is 4.89. The van der Waals surface area contributed by atoms with Gasteiger partial charge >= 0.3 is 0 Å². The van der Waals surface area contributed by atoms with Gasteiger partial charge in [-0.25, -0.2) is 13.4 Å². The molecule has 1 aliphatic rings. The number of benzene rings is 3. The SMILES string of the molecule is Cc1cc(N2CCOCC2)nc(Nc2ccc(NS(=O)(=O)c3ccc4ccccc4c3)cc2)n1. The van der Waals surface area contributed by atoms with E-state index >= 15 is 0 Å². The van der Waals surface area contributed by atoms with Gasteiger partial charge in [0.2, 0.25) is 5.95 Å². The van der Waals surface area contributed by atoms with Crippen LogP contribution in [0.15, 0.2) is 77.7 Å². The van der Waals surface area contributed by atoms with E-state index in [9.17, 15) is 8.42 Å². The van der Waals surface area contributed by atoms with Gasteiger partial charge in [0.15, 0.2) is 0 Å². The fourth-order valence-electron chi connectivity index (χ4n) is 3.86. The van der Waals surface area contributed by atoms with Crippen LogP contribution in [0.4, 0.5) is 23.1 Å². The molecule has 0 spiro atoms. The summed E-state index contributed by atoms with van der Waals surface area (Å²) in [5.41, 5.74) is 2.09. The van der Waals surface area contributed by atoms with Crippen LogP contribution in [0, 0.1) is 6.92 Å². The Morgan fingerprint density at radius 3 is 2.32 bits per heavy atom. The summed E-state index contributed by atoms with van der Waals surface area (Å²) in [4.78, 5) is 11.5. The maximum atomic E-state index is 12.9. The first-order valence-corrected chi connectivity index (χ1v) is 12.5. The number of ether oxygens (including phenoxy) is 1. The first-order chi connectivity index (χ1) is 16.5. The molecule has 1 aromatic heterocycles. The molecule has 3 aromatic carbocycles. The van der Waals surface area contributed by atoms with Crippen molar-refractivity contribution in [2.75, 3.05) is 41.2 Å². The fraction of sp³-hybridized carbons (Fsp3) is 0.200. The van der Waals surface area contributed by atoms with Crippen LogP contribution in [0.5, 0.6) is 0 Å². The van der Waals surface area contributed by atoms with Crippen LogP contribution >= 0.6 is 0 Å². The van der Waals surface area contributed by atoms with Gasteiger partial charge in [0.25, 0.3) is 10.0 Å². The van der Waals surface area contributed by atoms with Gasteiger partial charge in [-0.3, -0.25) is 4.72 Å². The van der Waals surface area contributed by atoms with Crippen molar-refractivity contribution >= 4 is 43.9 Å². The normalized spacial score (nSPS) is 14.2. The van der Waals surface area contributed by atoms with E-state index in [1.807, 2.05) is 43.3 Å². The molecule has 0 amide bonds. The number of sulfonamides is 1. The zero-order valence-electron chi connectivity index (χ0n) is 18.7. The van der Waals surface area contributed by atoms with Crippen LogP contribution in [0.1, 0.15) is 5.69 Å². The summed E-state index contributed by atoms with van der Waals surface area (Å²) in [5, 5.41) is 5.08. The topological polar surface area (TPSA) is 96.5 Å². The van der Waals surface area contributed by atoms with Gasteiger partial charge < -0.3 is 15.0 Å². The minimum atomic E-state index is -3.71. The van der Waals surface area contributed by atoms with Crippen LogP contribution in [0.3, 0.4) is 0 Å². The molecule has 0 saturated carbocycles. The lowest BCUT2D eigenvalue weighted by molar-refractivity contribution is 0.122. The molecule has 5 rings (SSSR count). The van der Waals surface area contributed by atoms with E-state index in [1.54, 1.807) is 36.4 Å². The molecule has 2 heterocycles. The number of nitrogens with one attached hydrogen (secondary N) is 2. The van der Waals surface area contributed by atoms with E-state index < -0.39 is 10.0 Å². The highest BCUT2D eigenvalue weighted by Crippen LogP contribution is 2.24. The second-order valence-corrected chi connectivity index (χ2v) is 9.79. The Morgan fingerprint density at radius 2 is 1.56 bits per heavy atom. The van der Waals surface area contributed by atoms with Crippen molar-refractivity contribution in [1.82, 2.24) is 9.97 Å². The van der Waals surface area contributed by atoms with Gasteiger partial charge in [-0.05, 0) is 54.1 Å². The molecule has 0 atom stereocenters. The number of nitrogens with zero attached hydrogens (tertiary/aromatic N) is 3. The van der Waals surface area contributed by atoms with Gasteiger partial charge in [-0.15, -0.1) is 0 Å². The molecule has 0 radical (unpaired) electrons. The number of hydrogen-bond donors (Lipinski definition) is 2. The smallest absolute Gasteiger partial charge is 0.261 e. The third kappa shape index (κ3) is 4.95.